The molecule has 1 heterocycles. The van der Waals surface area contributed by atoms with E-state index < -0.39 is 11.9 Å². The first kappa shape index (κ1) is 57.9. The van der Waals surface area contributed by atoms with Gasteiger partial charge >= 0.3 is 0 Å². The molecule has 2 unspecified atom stereocenters. The highest BCUT2D eigenvalue weighted by Gasteiger charge is 2.37. The monoisotopic (exact) mass is 693 g/mol. The van der Waals surface area contributed by atoms with Crippen LogP contribution in [0.4, 0.5) is 14.5 Å². The number of halogens is 2. The summed E-state index contributed by atoms with van der Waals surface area (Å²) in [5.74, 6) is -1.09. The third-order valence-corrected chi connectivity index (χ3v) is 6.15. The fourth-order valence-electron chi connectivity index (χ4n) is 3.05. The molecule has 1 aromatic rings. The van der Waals surface area contributed by atoms with Crippen LogP contribution in [-0.4, -0.2) is 42.0 Å². The zero-order valence-electron chi connectivity index (χ0n) is 32.4. The second kappa shape index (κ2) is 42.6. The number of aliphatic hydroxyl groups is 2. The molecule has 1 aromatic carbocycles. The van der Waals surface area contributed by atoms with Crippen molar-refractivity contribution in [2.24, 2.45) is 5.92 Å². The summed E-state index contributed by atoms with van der Waals surface area (Å²) in [6, 6.07) is 5.79. The van der Waals surface area contributed by atoms with Crippen LogP contribution in [0.5, 0.6) is 0 Å². The number of benzene rings is 1. The van der Waals surface area contributed by atoms with Gasteiger partial charge in [0.2, 0.25) is 5.91 Å². The number of β-lactam (4-membered cyclic amide) rings is 1. The van der Waals surface area contributed by atoms with Crippen molar-refractivity contribution in [1.82, 2.24) is 5.32 Å². The number of carbonyl (C=O) groups is 1. The first-order chi connectivity index (χ1) is 22.8. The van der Waals surface area contributed by atoms with E-state index in [2.05, 4.69) is 71.8 Å². The summed E-state index contributed by atoms with van der Waals surface area (Å²) >= 11 is 0. The second-order valence-electron chi connectivity index (χ2n) is 9.95. The SMILES string of the molecule is C.C/C=C(/C)CC.C=C(F)/C=C\C(=C/C)C(O)CCC1CN(c2ccc(F)cc2)C1=O.C=CC.C=CCNCO.CC.CC.CC=C(C)C. The average Bonchev–Trinajstić information content (AvgIpc) is 3.10. The highest BCUT2D eigenvalue weighted by atomic mass is 19.1. The summed E-state index contributed by atoms with van der Waals surface area (Å²) < 4.78 is 25.6. The van der Waals surface area contributed by atoms with Gasteiger partial charge in [-0.15, -0.1) is 13.2 Å². The van der Waals surface area contributed by atoms with Crippen LogP contribution in [0, 0.1) is 11.7 Å². The molecular weight excluding hydrogens is 618 g/mol. The summed E-state index contributed by atoms with van der Waals surface area (Å²) in [6.07, 6.45) is 13.4. The predicted octanol–water partition coefficient (Wildman–Crippen LogP) is 11.8. The molecule has 5 nitrogen and oxygen atoms in total. The van der Waals surface area contributed by atoms with E-state index in [9.17, 15) is 18.7 Å². The number of amides is 1. The second-order valence-corrected chi connectivity index (χ2v) is 9.95. The Morgan fingerprint density at radius 2 is 1.49 bits per heavy atom. The minimum Gasteiger partial charge on any atom is -0.388 e. The first-order valence-electron chi connectivity index (χ1n) is 17.0. The maximum Gasteiger partial charge on any atom is 0.231 e. The van der Waals surface area contributed by atoms with Crippen LogP contribution in [0.2, 0.25) is 0 Å². The molecule has 1 aliphatic rings. The number of allylic oxidation sites excluding steroid dienone is 8. The Balaban J connectivity index is -0.000000152. The lowest BCUT2D eigenvalue weighted by atomic mass is 9.90. The van der Waals surface area contributed by atoms with E-state index in [1.54, 1.807) is 42.2 Å². The Hall–Kier alpha value is -3.39. The van der Waals surface area contributed by atoms with Gasteiger partial charge in [-0.2, -0.15) is 0 Å². The zero-order valence-corrected chi connectivity index (χ0v) is 32.4. The van der Waals surface area contributed by atoms with Crippen LogP contribution < -0.4 is 10.2 Å². The number of nitrogens with zero attached hydrogens (tertiary/aromatic N) is 1. The number of carbonyl (C=O) groups excluding carboxylic acids is 1. The first-order valence-corrected chi connectivity index (χ1v) is 17.0. The van der Waals surface area contributed by atoms with E-state index in [0.717, 1.165) is 0 Å². The lowest BCUT2D eigenvalue weighted by Crippen LogP contribution is -2.52. The summed E-state index contributed by atoms with van der Waals surface area (Å²) in [5, 5.41) is 20.8. The Bertz CT molecular complexity index is 1050. The van der Waals surface area contributed by atoms with Crippen LogP contribution in [-0.2, 0) is 4.79 Å². The summed E-state index contributed by atoms with van der Waals surface area (Å²) in [7, 11) is 0. The highest BCUT2D eigenvalue weighted by Crippen LogP contribution is 2.30. The Morgan fingerprint density at radius 1 is 1.00 bits per heavy atom. The van der Waals surface area contributed by atoms with Crippen LogP contribution in [0.1, 0.15) is 110 Å². The van der Waals surface area contributed by atoms with Gasteiger partial charge in [0.15, 0.2) is 0 Å². The standard InChI is InChI=1S/C19H21F2NO2.C6H12.C5H10.C4H9NO.C3H6.2C2H6.CH4/c1-3-14(5-4-13(2)20)18(23)11-6-15-12-22(19(15)24)17-9-7-16(21)8-10-17;1-4-6(3)5-2;1-4-5(2)3;1-2-3-5-4-6;1-3-2;2*1-2;/h3-5,7-10,15,18,23H,2,6,11-12H2,1H3;4H,5H2,1-3H3;4H,1-3H3;2,5-6H,1,3-4H2;3H,1H2,2H3;2*1-2H3;1H4/b5-4-,14-3+;6-4-;;;;;;. The lowest BCUT2D eigenvalue weighted by Gasteiger charge is -2.38. The van der Waals surface area contributed by atoms with Gasteiger partial charge in [0, 0.05) is 18.8 Å². The molecule has 2 rings (SSSR count). The van der Waals surface area contributed by atoms with E-state index in [4.69, 9.17) is 5.11 Å². The summed E-state index contributed by atoms with van der Waals surface area (Å²) in [6.45, 7) is 35.4. The third-order valence-electron chi connectivity index (χ3n) is 6.15. The molecule has 0 saturated carbocycles. The van der Waals surface area contributed by atoms with Gasteiger partial charge in [-0.1, -0.05) is 96.2 Å². The number of anilines is 1. The quantitative estimate of drug-likeness (QED) is 0.0709. The number of aliphatic hydroxyl groups excluding tert-OH is 2. The van der Waals surface area contributed by atoms with Gasteiger partial charge in [-0.05, 0) is 104 Å². The van der Waals surface area contributed by atoms with Crippen molar-refractivity contribution < 1.29 is 23.8 Å². The molecule has 0 spiro atoms. The van der Waals surface area contributed by atoms with Crippen molar-refractivity contribution in [3.63, 3.8) is 0 Å². The van der Waals surface area contributed by atoms with Crippen molar-refractivity contribution >= 4 is 11.6 Å². The molecule has 0 radical (unpaired) electrons. The maximum absolute atomic E-state index is 12.9. The van der Waals surface area contributed by atoms with Gasteiger partial charge in [-0.25, -0.2) is 8.78 Å². The van der Waals surface area contributed by atoms with Crippen LogP contribution in [0.3, 0.4) is 0 Å². The van der Waals surface area contributed by atoms with Crippen molar-refractivity contribution in [3.8, 4) is 0 Å². The molecule has 3 N–H and O–H groups in total. The van der Waals surface area contributed by atoms with Crippen molar-refractivity contribution in [2.75, 3.05) is 24.7 Å². The number of rotatable bonds is 11. The van der Waals surface area contributed by atoms with Crippen LogP contribution in [0.15, 0.2) is 109 Å². The molecule has 1 saturated heterocycles. The molecule has 1 fully saturated rings. The maximum atomic E-state index is 12.9. The molecule has 284 valence electrons. The van der Waals surface area contributed by atoms with Crippen LogP contribution >= 0.6 is 0 Å². The van der Waals surface area contributed by atoms with E-state index in [1.165, 1.54) is 41.9 Å². The molecule has 0 aliphatic carbocycles. The molecule has 0 bridgehead atoms. The third kappa shape index (κ3) is 35.7. The molecule has 0 aromatic heterocycles. The number of nitrogens with one attached hydrogen (secondary N) is 1. The van der Waals surface area contributed by atoms with Crippen molar-refractivity contribution in [2.45, 2.75) is 116 Å². The molecule has 1 aliphatic heterocycles. The van der Waals surface area contributed by atoms with Crippen LogP contribution in [0.25, 0.3) is 0 Å². The zero-order chi connectivity index (χ0) is 38.5. The van der Waals surface area contributed by atoms with Gasteiger partial charge in [0.25, 0.3) is 0 Å². The molecule has 2 atom stereocenters. The topological polar surface area (TPSA) is 72.8 Å². The van der Waals surface area contributed by atoms with Gasteiger partial charge < -0.3 is 15.1 Å². The van der Waals surface area contributed by atoms with Gasteiger partial charge in [0.1, 0.15) is 11.6 Å². The Morgan fingerprint density at radius 3 is 1.78 bits per heavy atom. The lowest BCUT2D eigenvalue weighted by molar-refractivity contribution is -0.127. The fraction of sp³-hybridized carbons (Fsp3) is 0.500. The van der Waals surface area contributed by atoms with Crippen molar-refractivity contribution in [3.05, 3.63) is 115 Å². The van der Waals surface area contributed by atoms with E-state index in [1.807, 2.05) is 41.5 Å². The fourth-order valence-corrected chi connectivity index (χ4v) is 3.05. The molecule has 49 heavy (non-hydrogen) atoms. The predicted molar refractivity (Wildman–Crippen MR) is 216 cm³/mol. The minimum absolute atomic E-state index is 0. The molecular formula is C42H74F2N2O3. The summed E-state index contributed by atoms with van der Waals surface area (Å²) in [4.78, 5) is 13.8. The number of hydrogen-bond acceptors (Lipinski definition) is 4. The average molecular weight is 693 g/mol. The Labute approximate surface area is 301 Å². The molecule has 7 heteroatoms. The highest BCUT2D eigenvalue weighted by molar-refractivity contribution is 6.01. The Kier molecular flexibility index (Phi) is 50.3. The van der Waals surface area contributed by atoms with E-state index >= 15 is 0 Å². The van der Waals surface area contributed by atoms with E-state index in [0.29, 0.717) is 37.2 Å². The van der Waals surface area contributed by atoms with E-state index in [-0.39, 0.29) is 31.8 Å². The number of hydrogen-bond donors (Lipinski definition) is 3. The smallest absolute Gasteiger partial charge is 0.231 e. The largest absolute Gasteiger partial charge is 0.388 e. The minimum atomic E-state index is -0.752. The van der Waals surface area contributed by atoms with Gasteiger partial charge in [0.05, 0.1) is 18.8 Å². The van der Waals surface area contributed by atoms with Crippen molar-refractivity contribution in [1.29, 1.82) is 0 Å². The molecule has 1 amide bonds. The summed E-state index contributed by atoms with van der Waals surface area (Å²) in [5.41, 5.74) is 4.12. The normalized spacial score (nSPS) is 13.3. The van der Waals surface area contributed by atoms with Gasteiger partial charge in [-0.3, -0.25) is 10.1 Å².